The molecule has 1 unspecified atom stereocenters. The van der Waals surface area contributed by atoms with Gasteiger partial charge in [0, 0.05) is 18.3 Å². The molecule has 0 saturated carbocycles. The molecular weight excluding hydrogens is 296 g/mol. The molecule has 0 aliphatic carbocycles. The Balaban J connectivity index is 2.20. The number of aliphatic carboxylic acids is 1. The van der Waals surface area contributed by atoms with Crippen LogP contribution < -0.4 is 5.56 Å². The Morgan fingerprint density at radius 3 is 3.00 bits per heavy atom. The first-order valence-corrected chi connectivity index (χ1v) is 7.94. The van der Waals surface area contributed by atoms with Crippen molar-refractivity contribution in [3.05, 3.63) is 45.0 Å². The van der Waals surface area contributed by atoms with Crippen molar-refractivity contribution in [1.82, 2.24) is 9.55 Å². The van der Waals surface area contributed by atoms with Gasteiger partial charge in [-0.3, -0.25) is 9.59 Å². The fourth-order valence-electron chi connectivity index (χ4n) is 1.81. The molecule has 0 bridgehead atoms. The first-order chi connectivity index (χ1) is 9.56. The van der Waals surface area contributed by atoms with Crippen LogP contribution in [0.25, 0.3) is 0 Å². The molecule has 0 saturated heterocycles. The Kier molecular flexibility index (Phi) is 4.97. The molecular formula is C13H14N2O3S2. The number of carbonyl (C=O) groups is 1. The van der Waals surface area contributed by atoms with Crippen LogP contribution >= 0.6 is 23.1 Å². The molecule has 0 aromatic carbocycles. The summed E-state index contributed by atoms with van der Waals surface area (Å²) in [5.41, 5.74) is 0.868. The van der Waals surface area contributed by atoms with E-state index < -0.39 is 5.97 Å². The van der Waals surface area contributed by atoms with Crippen molar-refractivity contribution in [2.45, 2.75) is 24.5 Å². The number of carboxylic acid groups (broad SMARTS) is 1. The maximum atomic E-state index is 11.3. The largest absolute Gasteiger partial charge is 0.481 e. The van der Waals surface area contributed by atoms with E-state index in [9.17, 15) is 9.59 Å². The Labute approximate surface area is 124 Å². The number of carboxylic acids is 1. The molecule has 2 heterocycles. The third kappa shape index (κ3) is 3.94. The summed E-state index contributed by atoms with van der Waals surface area (Å²) in [4.78, 5) is 25.9. The van der Waals surface area contributed by atoms with Crippen LogP contribution in [0.15, 0.2) is 39.0 Å². The minimum atomic E-state index is -0.926. The molecule has 7 heteroatoms. The Bertz CT molecular complexity index is 637. The van der Waals surface area contributed by atoms with Crippen LogP contribution in [0.4, 0.5) is 0 Å². The number of thiophene rings is 1. The zero-order valence-electron chi connectivity index (χ0n) is 10.9. The monoisotopic (exact) mass is 310 g/mol. The van der Waals surface area contributed by atoms with Crippen molar-refractivity contribution in [3.63, 3.8) is 0 Å². The predicted molar refractivity (Wildman–Crippen MR) is 79.6 cm³/mol. The highest BCUT2D eigenvalue weighted by molar-refractivity contribution is 7.99. The fourth-order valence-corrected chi connectivity index (χ4v) is 3.29. The summed E-state index contributed by atoms with van der Waals surface area (Å²) in [6.45, 7) is 2.02. The van der Waals surface area contributed by atoms with Gasteiger partial charge in [-0.2, -0.15) is 16.3 Å². The minimum absolute atomic E-state index is 0.106. The number of thioether (sulfide) groups is 1. The van der Waals surface area contributed by atoms with Crippen molar-refractivity contribution >= 4 is 29.1 Å². The number of nitrogens with zero attached hydrogens (tertiary/aromatic N) is 2. The average Bonchev–Trinajstić information content (AvgIpc) is 2.89. The van der Waals surface area contributed by atoms with E-state index in [0.717, 1.165) is 18.2 Å². The van der Waals surface area contributed by atoms with Crippen molar-refractivity contribution < 1.29 is 9.90 Å². The van der Waals surface area contributed by atoms with Crippen LogP contribution in [0.1, 0.15) is 18.5 Å². The molecule has 5 nitrogen and oxygen atoms in total. The van der Waals surface area contributed by atoms with Crippen LogP contribution in [0.2, 0.25) is 0 Å². The van der Waals surface area contributed by atoms with Crippen molar-refractivity contribution in [3.8, 4) is 0 Å². The number of hydrogen-bond acceptors (Lipinski definition) is 5. The van der Waals surface area contributed by atoms with Gasteiger partial charge >= 0.3 is 5.97 Å². The molecule has 20 heavy (non-hydrogen) atoms. The van der Waals surface area contributed by atoms with Crippen LogP contribution in [0, 0.1) is 0 Å². The van der Waals surface area contributed by atoms with Crippen molar-refractivity contribution in [2.24, 2.45) is 0 Å². The van der Waals surface area contributed by atoms with Crippen molar-refractivity contribution in [1.29, 1.82) is 0 Å². The highest BCUT2D eigenvalue weighted by atomic mass is 32.2. The standard InChI is InChI=1S/C13H14N2O3S2/c1-9(6-10-3-5-19-7-10)15-4-2-11(16)14-13(15)20-8-12(17)18/h2-5,7,9H,6,8H2,1H3,(H,17,18). The lowest BCUT2D eigenvalue weighted by atomic mass is 10.1. The third-order valence-electron chi connectivity index (χ3n) is 2.72. The van der Waals surface area contributed by atoms with Gasteiger partial charge in [-0.1, -0.05) is 11.8 Å². The van der Waals surface area contributed by atoms with Gasteiger partial charge in [0.15, 0.2) is 5.16 Å². The van der Waals surface area contributed by atoms with E-state index in [-0.39, 0.29) is 17.4 Å². The highest BCUT2D eigenvalue weighted by Crippen LogP contribution is 2.21. The second kappa shape index (κ2) is 6.71. The summed E-state index contributed by atoms with van der Waals surface area (Å²) in [5, 5.41) is 13.3. The molecule has 2 aromatic rings. The topological polar surface area (TPSA) is 72.2 Å². The average molecular weight is 310 g/mol. The van der Waals surface area contributed by atoms with Gasteiger partial charge in [0.2, 0.25) is 0 Å². The lowest BCUT2D eigenvalue weighted by molar-refractivity contribution is -0.133. The molecule has 0 aliphatic rings. The van der Waals surface area contributed by atoms with Gasteiger partial charge in [-0.25, -0.2) is 0 Å². The maximum absolute atomic E-state index is 11.3. The van der Waals surface area contributed by atoms with E-state index in [0.29, 0.717) is 5.16 Å². The van der Waals surface area contributed by atoms with Crippen molar-refractivity contribution in [2.75, 3.05) is 5.75 Å². The van der Waals surface area contributed by atoms with Gasteiger partial charge in [0.25, 0.3) is 5.56 Å². The lowest BCUT2D eigenvalue weighted by Gasteiger charge is -2.18. The summed E-state index contributed by atoms with van der Waals surface area (Å²) in [6, 6.07) is 3.56. The second-order valence-electron chi connectivity index (χ2n) is 4.32. The van der Waals surface area contributed by atoms with Gasteiger partial charge in [-0.05, 0) is 35.7 Å². The van der Waals surface area contributed by atoms with E-state index in [1.54, 1.807) is 17.5 Å². The molecule has 2 aromatic heterocycles. The smallest absolute Gasteiger partial charge is 0.313 e. The Hall–Kier alpha value is -1.60. The van der Waals surface area contributed by atoms with Crippen LogP contribution in [-0.4, -0.2) is 26.4 Å². The number of aromatic nitrogens is 2. The summed E-state index contributed by atoms with van der Waals surface area (Å²) in [5.74, 6) is -1.04. The zero-order valence-corrected chi connectivity index (χ0v) is 12.5. The van der Waals surface area contributed by atoms with Gasteiger partial charge in [0.05, 0.1) is 5.75 Å². The van der Waals surface area contributed by atoms with Gasteiger partial charge in [0.1, 0.15) is 0 Å². The zero-order chi connectivity index (χ0) is 14.5. The predicted octanol–water partition coefficient (Wildman–Crippen LogP) is 2.29. The van der Waals surface area contributed by atoms with E-state index >= 15 is 0 Å². The molecule has 2 rings (SSSR count). The summed E-state index contributed by atoms with van der Waals surface area (Å²) < 4.78 is 1.85. The summed E-state index contributed by atoms with van der Waals surface area (Å²) in [6.07, 6.45) is 2.49. The summed E-state index contributed by atoms with van der Waals surface area (Å²) in [7, 11) is 0. The van der Waals surface area contributed by atoms with E-state index in [1.165, 1.54) is 11.6 Å². The van der Waals surface area contributed by atoms with Crippen LogP contribution in [0.3, 0.4) is 0 Å². The molecule has 0 amide bonds. The summed E-state index contributed by atoms with van der Waals surface area (Å²) >= 11 is 2.70. The third-order valence-corrected chi connectivity index (χ3v) is 4.40. The Morgan fingerprint density at radius 2 is 2.35 bits per heavy atom. The molecule has 0 spiro atoms. The number of rotatable bonds is 6. The fraction of sp³-hybridized carbons (Fsp3) is 0.308. The van der Waals surface area contributed by atoms with E-state index in [2.05, 4.69) is 16.4 Å². The first kappa shape index (κ1) is 14.8. The van der Waals surface area contributed by atoms with Crippen LogP contribution in [-0.2, 0) is 11.2 Å². The lowest BCUT2D eigenvalue weighted by Crippen LogP contribution is -2.18. The van der Waals surface area contributed by atoms with E-state index in [1.807, 2.05) is 16.9 Å². The minimum Gasteiger partial charge on any atom is -0.481 e. The first-order valence-electron chi connectivity index (χ1n) is 6.01. The quantitative estimate of drug-likeness (QED) is 0.654. The Morgan fingerprint density at radius 1 is 1.55 bits per heavy atom. The van der Waals surface area contributed by atoms with E-state index in [4.69, 9.17) is 5.11 Å². The molecule has 1 atom stereocenters. The van der Waals surface area contributed by atoms with Gasteiger partial charge in [-0.15, -0.1) is 0 Å². The maximum Gasteiger partial charge on any atom is 0.313 e. The normalized spacial score (nSPS) is 12.2. The highest BCUT2D eigenvalue weighted by Gasteiger charge is 2.12. The van der Waals surface area contributed by atoms with Crippen LogP contribution in [0.5, 0.6) is 0 Å². The molecule has 0 fully saturated rings. The molecule has 0 aliphatic heterocycles. The molecule has 0 radical (unpaired) electrons. The molecule has 106 valence electrons. The second-order valence-corrected chi connectivity index (χ2v) is 6.05. The number of hydrogen-bond donors (Lipinski definition) is 1. The molecule has 1 N–H and O–H groups in total. The SMILES string of the molecule is CC(Cc1ccsc1)n1ccc(=O)nc1SCC(=O)O. The van der Waals surface area contributed by atoms with Gasteiger partial charge < -0.3 is 9.67 Å².